The molecular formula is C18H19N5O3S. The number of aliphatic carboxylic acids is 1. The number of hydrogen-bond acceptors (Lipinski definition) is 6. The van der Waals surface area contributed by atoms with Crippen molar-refractivity contribution < 1.29 is 14.7 Å². The molecule has 2 heterocycles. The smallest absolute Gasteiger partial charge is 0.305 e. The Balaban J connectivity index is 1.72. The van der Waals surface area contributed by atoms with Gasteiger partial charge in [0.15, 0.2) is 0 Å². The van der Waals surface area contributed by atoms with Crippen molar-refractivity contribution in [1.82, 2.24) is 24.9 Å². The van der Waals surface area contributed by atoms with Crippen molar-refractivity contribution in [3.8, 4) is 0 Å². The van der Waals surface area contributed by atoms with Crippen LogP contribution < -0.4 is 5.32 Å². The van der Waals surface area contributed by atoms with Crippen LogP contribution in [0.5, 0.6) is 0 Å². The molecule has 0 fully saturated rings. The van der Waals surface area contributed by atoms with Gasteiger partial charge in [0.05, 0.1) is 6.42 Å². The number of amides is 1. The quantitative estimate of drug-likeness (QED) is 0.600. The Kier molecular flexibility index (Phi) is 5.70. The fourth-order valence-corrected chi connectivity index (χ4v) is 3.42. The van der Waals surface area contributed by atoms with Gasteiger partial charge in [-0.2, -0.15) is 4.98 Å². The second-order valence-electron chi connectivity index (χ2n) is 5.99. The summed E-state index contributed by atoms with van der Waals surface area (Å²) in [6.45, 7) is 3.95. The van der Waals surface area contributed by atoms with Crippen LogP contribution in [-0.4, -0.2) is 43.1 Å². The third-order valence-corrected chi connectivity index (χ3v) is 4.73. The molecule has 0 unspecified atom stereocenters. The molecular weight excluding hydrogens is 366 g/mol. The minimum absolute atomic E-state index is 0.0912. The van der Waals surface area contributed by atoms with E-state index in [-0.39, 0.29) is 18.9 Å². The van der Waals surface area contributed by atoms with Gasteiger partial charge in [-0.1, -0.05) is 30.0 Å². The largest absolute Gasteiger partial charge is 0.481 e. The molecule has 0 radical (unpaired) electrons. The number of fused-ring (bicyclic) bond motifs is 1. The van der Waals surface area contributed by atoms with E-state index >= 15 is 0 Å². The first kappa shape index (κ1) is 18.8. The predicted molar refractivity (Wildman–Crippen MR) is 101 cm³/mol. The first-order valence-electron chi connectivity index (χ1n) is 8.36. The van der Waals surface area contributed by atoms with Gasteiger partial charge in [-0.25, -0.2) is 9.50 Å². The van der Waals surface area contributed by atoms with Crippen molar-refractivity contribution in [3.63, 3.8) is 0 Å². The molecule has 0 bridgehead atoms. The van der Waals surface area contributed by atoms with Crippen LogP contribution in [0.15, 0.2) is 35.5 Å². The van der Waals surface area contributed by atoms with Crippen molar-refractivity contribution >= 4 is 29.4 Å². The lowest BCUT2D eigenvalue weighted by Crippen LogP contribution is -2.26. The molecule has 1 amide bonds. The highest BCUT2D eigenvalue weighted by Crippen LogP contribution is 2.22. The van der Waals surface area contributed by atoms with Crippen LogP contribution in [0.3, 0.4) is 0 Å². The van der Waals surface area contributed by atoms with Gasteiger partial charge in [-0.15, -0.1) is 5.10 Å². The number of hydrogen-bond donors (Lipinski definition) is 2. The minimum Gasteiger partial charge on any atom is -0.481 e. The standard InChI is InChI=1S/C18H19N5O3S/c1-11-9-12(2)23-17(20-11)21-18(22-23)27-10-13-5-3-4-6-14(13)16(26)19-8-7-15(24)25/h3-6,9H,7-8,10H2,1-2H3,(H,19,26)(H,24,25). The van der Waals surface area contributed by atoms with E-state index in [0.29, 0.717) is 22.3 Å². The zero-order valence-corrected chi connectivity index (χ0v) is 15.8. The summed E-state index contributed by atoms with van der Waals surface area (Å²) >= 11 is 1.42. The van der Waals surface area contributed by atoms with Gasteiger partial charge in [0.1, 0.15) is 0 Å². The van der Waals surface area contributed by atoms with Gasteiger partial charge in [0.25, 0.3) is 11.7 Å². The lowest BCUT2D eigenvalue weighted by Gasteiger charge is -2.08. The number of nitrogens with one attached hydrogen (secondary N) is 1. The second kappa shape index (κ2) is 8.17. The minimum atomic E-state index is -0.948. The Bertz CT molecular complexity index is 1000. The average Bonchev–Trinajstić information content (AvgIpc) is 3.03. The van der Waals surface area contributed by atoms with E-state index in [0.717, 1.165) is 17.0 Å². The summed E-state index contributed by atoms with van der Waals surface area (Å²) in [4.78, 5) is 31.7. The molecule has 0 atom stereocenters. The summed E-state index contributed by atoms with van der Waals surface area (Å²) in [6, 6.07) is 9.16. The third-order valence-electron chi connectivity index (χ3n) is 3.84. The summed E-state index contributed by atoms with van der Waals surface area (Å²) in [7, 11) is 0. The molecule has 140 valence electrons. The van der Waals surface area contributed by atoms with Gasteiger partial charge >= 0.3 is 5.97 Å². The monoisotopic (exact) mass is 385 g/mol. The lowest BCUT2D eigenvalue weighted by atomic mass is 10.1. The van der Waals surface area contributed by atoms with Crippen LogP contribution in [0.2, 0.25) is 0 Å². The highest BCUT2D eigenvalue weighted by molar-refractivity contribution is 7.98. The Morgan fingerprint density at radius 2 is 2.00 bits per heavy atom. The van der Waals surface area contributed by atoms with Crippen LogP contribution in [0, 0.1) is 13.8 Å². The van der Waals surface area contributed by atoms with E-state index in [4.69, 9.17) is 5.11 Å². The van der Waals surface area contributed by atoms with Crippen LogP contribution in [0.1, 0.15) is 33.7 Å². The van der Waals surface area contributed by atoms with Crippen molar-refractivity contribution in [2.24, 2.45) is 0 Å². The van der Waals surface area contributed by atoms with Crippen molar-refractivity contribution in [3.05, 3.63) is 52.8 Å². The molecule has 2 aromatic heterocycles. The predicted octanol–water partition coefficient (Wildman–Crippen LogP) is 2.24. The van der Waals surface area contributed by atoms with Crippen LogP contribution >= 0.6 is 11.8 Å². The summed E-state index contributed by atoms with van der Waals surface area (Å²) in [5, 5.41) is 16.3. The molecule has 0 spiro atoms. The zero-order valence-electron chi connectivity index (χ0n) is 15.0. The average molecular weight is 385 g/mol. The van der Waals surface area contributed by atoms with Crippen molar-refractivity contribution in [2.75, 3.05) is 6.54 Å². The molecule has 0 saturated heterocycles. The fourth-order valence-electron chi connectivity index (χ4n) is 2.60. The number of thioether (sulfide) groups is 1. The first-order chi connectivity index (χ1) is 12.9. The Hall–Kier alpha value is -2.94. The number of nitrogens with zero attached hydrogens (tertiary/aromatic N) is 4. The van der Waals surface area contributed by atoms with Crippen LogP contribution in [0.25, 0.3) is 5.78 Å². The number of carbonyl (C=O) groups is 2. The van der Waals surface area contributed by atoms with E-state index < -0.39 is 5.97 Å². The van der Waals surface area contributed by atoms with Crippen LogP contribution in [-0.2, 0) is 10.5 Å². The van der Waals surface area contributed by atoms with Gasteiger partial charge in [0, 0.05) is 29.2 Å². The van der Waals surface area contributed by atoms with Gasteiger partial charge < -0.3 is 10.4 Å². The van der Waals surface area contributed by atoms with E-state index in [1.807, 2.05) is 32.0 Å². The maximum absolute atomic E-state index is 12.3. The number of aromatic nitrogens is 4. The summed E-state index contributed by atoms with van der Waals surface area (Å²) in [5.74, 6) is -0.174. The Morgan fingerprint density at radius 1 is 1.22 bits per heavy atom. The molecule has 9 heteroatoms. The molecule has 0 saturated carbocycles. The maximum Gasteiger partial charge on any atom is 0.305 e. The van der Waals surface area contributed by atoms with Gasteiger partial charge in [-0.3, -0.25) is 9.59 Å². The molecule has 3 rings (SSSR count). The number of carboxylic acids is 1. The number of aryl methyl sites for hydroxylation is 2. The normalized spacial score (nSPS) is 10.9. The summed E-state index contributed by atoms with van der Waals surface area (Å²) in [6.07, 6.45) is -0.112. The summed E-state index contributed by atoms with van der Waals surface area (Å²) < 4.78 is 1.69. The topological polar surface area (TPSA) is 109 Å². The fraction of sp³-hybridized carbons (Fsp3) is 0.278. The van der Waals surface area contributed by atoms with E-state index in [1.54, 1.807) is 16.6 Å². The molecule has 3 aromatic rings. The van der Waals surface area contributed by atoms with Crippen LogP contribution in [0.4, 0.5) is 0 Å². The van der Waals surface area contributed by atoms with Gasteiger partial charge in [-0.05, 0) is 31.5 Å². The molecule has 8 nitrogen and oxygen atoms in total. The SMILES string of the molecule is Cc1cc(C)n2nc(SCc3ccccc3C(=O)NCCC(=O)O)nc2n1. The number of carboxylic acid groups (broad SMARTS) is 1. The maximum atomic E-state index is 12.3. The highest BCUT2D eigenvalue weighted by Gasteiger charge is 2.13. The highest BCUT2D eigenvalue weighted by atomic mass is 32.2. The molecule has 0 aliphatic rings. The van der Waals surface area contributed by atoms with Gasteiger partial charge in [0.2, 0.25) is 5.16 Å². The first-order valence-corrected chi connectivity index (χ1v) is 9.34. The van der Waals surface area contributed by atoms with E-state index in [9.17, 15) is 9.59 Å². The number of benzene rings is 1. The number of carbonyl (C=O) groups excluding carboxylic acids is 1. The van der Waals surface area contributed by atoms with E-state index in [1.165, 1.54) is 11.8 Å². The molecule has 1 aromatic carbocycles. The Morgan fingerprint density at radius 3 is 2.78 bits per heavy atom. The second-order valence-corrected chi connectivity index (χ2v) is 6.93. The molecule has 2 N–H and O–H groups in total. The molecule has 0 aliphatic carbocycles. The summed E-state index contributed by atoms with van der Waals surface area (Å²) in [5.41, 5.74) is 3.18. The number of rotatable bonds is 7. The lowest BCUT2D eigenvalue weighted by molar-refractivity contribution is -0.136. The van der Waals surface area contributed by atoms with Crippen molar-refractivity contribution in [1.29, 1.82) is 0 Å². The Labute approximate surface area is 160 Å². The zero-order chi connectivity index (χ0) is 19.4. The molecule has 27 heavy (non-hydrogen) atoms. The third kappa shape index (κ3) is 4.62. The van der Waals surface area contributed by atoms with E-state index in [2.05, 4.69) is 20.4 Å². The van der Waals surface area contributed by atoms with Crippen molar-refractivity contribution in [2.45, 2.75) is 31.2 Å². The molecule has 0 aliphatic heterocycles.